The van der Waals surface area contributed by atoms with E-state index in [1.165, 1.54) is 25.7 Å². The zero-order valence-electron chi connectivity index (χ0n) is 15.0. The number of nitrogens with zero attached hydrogens (tertiary/aromatic N) is 2. The summed E-state index contributed by atoms with van der Waals surface area (Å²) in [5, 5.41) is 0. The Hall–Kier alpha value is -1.11. The molecule has 3 aliphatic rings. The maximum atomic E-state index is 12.4. The smallest absolute Gasteiger partial charge is 0.223 e. The third kappa shape index (κ3) is 5.19. The number of hydrogen-bond acceptors (Lipinski definition) is 4. The van der Waals surface area contributed by atoms with E-state index in [9.17, 15) is 18.0 Å². The van der Waals surface area contributed by atoms with Crippen LogP contribution in [-0.4, -0.2) is 67.7 Å². The van der Waals surface area contributed by atoms with Gasteiger partial charge in [0.15, 0.2) is 9.84 Å². The van der Waals surface area contributed by atoms with Gasteiger partial charge in [-0.15, -0.1) is 0 Å². The average molecular weight is 371 g/mol. The van der Waals surface area contributed by atoms with Crippen LogP contribution in [0.5, 0.6) is 0 Å². The number of rotatable bonds is 5. The van der Waals surface area contributed by atoms with E-state index in [2.05, 4.69) is 0 Å². The van der Waals surface area contributed by atoms with Gasteiger partial charge in [0, 0.05) is 39.0 Å². The van der Waals surface area contributed by atoms with Gasteiger partial charge in [-0.3, -0.25) is 9.59 Å². The standard InChI is InChI=1S/C18H30N2O4S/c21-17(6-5-15-3-1-2-4-15)19-8-10-20(11-9-19)18(22)13-16-7-12-25(23,24)14-16/h15-16H,1-14H2. The van der Waals surface area contributed by atoms with Crippen LogP contribution in [0, 0.1) is 11.8 Å². The first-order chi connectivity index (χ1) is 11.9. The van der Waals surface area contributed by atoms with Crippen LogP contribution in [0.2, 0.25) is 0 Å². The van der Waals surface area contributed by atoms with Crippen molar-refractivity contribution in [2.24, 2.45) is 11.8 Å². The van der Waals surface area contributed by atoms with Crippen LogP contribution < -0.4 is 0 Å². The van der Waals surface area contributed by atoms with E-state index in [1.807, 2.05) is 4.90 Å². The van der Waals surface area contributed by atoms with Gasteiger partial charge in [-0.2, -0.15) is 0 Å². The summed E-state index contributed by atoms with van der Waals surface area (Å²) < 4.78 is 23.0. The van der Waals surface area contributed by atoms with Gasteiger partial charge in [0.1, 0.15) is 0 Å². The number of amides is 2. The number of sulfone groups is 1. The fourth-order valence-electron chi connectivity index (χ4n) is 4.40. The number of carbonyl (C=O) groups is 2. The van der Waals surface area contributed by atoms with Gasteiger partial charge in [-0.05, 0) is 24.7 Å². The molecule has 0 bridgehead atoms. The molecule has 0 aromatic heterocycles. The fraction of sp³-hybridized carbons (Fsp3) is 0.889. The molecule has 3 fully saturated rings. The Morgan fingerprint density at radius 2 is 1.44 bits per heavy atom. The zero-order chi connectivity index (χ0) is 17.9. The largest absolute Gasteiger partial charge is 0.339 e. The van der Waals surface area contributed by atoms with E-state index < -0.39 is 9.84 Å². The molecule has 1 saturated carbocycles. The van der Waals surface area contributed by atoms with Crippen molar-refractivity contribution in [1.82, 2.24) is 9.80 Å². The van der Waals surface area contributed by atoms with Gasteiger partial charge in [0.2, 0.25) is 11.8 Å². The highest BCUT2D eigenvalue weighted by molar-refractivity contribution is 7.91. The first-order valence-corrected chi connectivity index (χ1v) is 11.5. The Morgan fingerprint density at radius 3 is 2.00 bits per heavy atom. The SMILES string of the molecule is O=C(CCC1CCCC1)N1CCN(C(=O)CC2CCS(=O)(=O)C2)CC1. The van der Waals surface area contributed by atoms with E-state index in [-0.39, 0.29) is 29.2 Å². The van der Waals surface area contributed by atoms with E-state index in [0.29, 0.717) is 45.4 Å². The van der Waals surface area contributed by atoms with Crippen LogP contribution >= 0.6 is 0 Å². The Balaban J connectivity index is 1.37. The molecule has 0 aromatic rings. The van der Waals surface area contributed by atoms with E-state index in [4.69, 9.17) is 0 Å². The normalized spacial score (nSPS) is 27.0. The molecule has 7 heteroatoms. The molecule has 0 spiro atoms. The highest BCUT2D eigenvalue weighted by Crippen LogP contribution is 2.29. The second-order valence-electron chi connectivity index (χ2n) is 7.92. The van der Waals surface area contributed by atoms with Crippen molar-refractivity contribution in [3.8, 4) is 0 Å². The first kappa shape index (κ1) is 18.7. The minimum atomic E-state index is -2.93. The molecule has 2 aliphatic heterocycles. The lowest BCUT2D eigenvalue weighted by atomic mass is 10.0. The van der Waals surface area contributed by atoms with Gasteiger partial charge >= 0.3 is 0 Å². The highest BCUT2D eigenvalue weighted by atomic mass is 32.2. The summed E-state index contributed by atoms with van der Waals surface area (Å²) in [6.07, 6.45) is 7.73. The number of hydrogen-bond donors (Lipinski definition) is 0. The number of piperazine rings is 1. The van der Waals surface area contributed by atoms with Crippen LogP contribution in [0.4, 0.5) is 0 Å². The molecule has 1 atom stereocenters. The molecule has 0 N–H and O–H groups in total. The second-order valence-corrected chi connectivity index (χ2v) is 10.2. The quantitative estimate of drug-likeness (QED) is 0.734. The summed E-state index contributed by atoms with van der Waals surface area (Å²) in [6.45, 7) is 2.37. The molecule has 2 heterocycles. The summed E-state index contributed by atoms with van der Waals surface area (Å²) in [7, 11) is -2.93. The van der Waals surface area contributed by atoms with Gasteiger partial charge in [0.05, 0.1) is 11.5 Å². The third-order valence-electron chi connectivity index (χ3n) is 6.02. The summed E-state index contributed by atoms with van der Waals surface area (Å²) >= 11 is 0. The lowest BCUT2D eigenvalue weighted by Gasteiger charge is -2.35. The highest BCUT2D eigenvalue weighted by Gasteiger charge is 2.32. The predicted octanol–water partition coefficient (Wildman–Crippen LogP) is 1.45. The molecule has 25 heavy (non-hydrogen) atoms. The predicted molar refractivity (Wildman–Crippen MR) is 95.7 cm³/mol. The Labute approximate surface area is 150 Å². The van der Waals surface area contributed by atoms with Crippen molar-refractivity contribution in [2.75, 3.05) is 37.7 Å². The van der Waals surface area contributed by atoms with Gasteiger partial charge in [0.25, 0.3) is 0 Å². The molecule has 6 nitrogen and oxygen atoms in total. The molecular formula is C18H30N2O4S. The van der Waals surface area contributed by atoms with Crippen molar-refractivity contribution in [3.63, 3.8) is 0 Å². The van der Waals surface area contributed by atoms with Crippen molar-refractivity contribution in [3.05, 3.63) is 0 Å². The lowest BCUT2D eigenvalue weighted by Crippen LogP contribution is -2.50. The molecule has 2 saturated heterocycles. The minimum Gasteiger partial charge on any atom is -0.339 e. The Morgan fingerprint density at radius 1 is 0.840 bits per heavy atom. The molecule has 142 valence electrons. The summed E-state index contributed by atoms with van der Waals surface area (Å²) in [5.74, 6) is 1.34. The lowest BCUT2D eigenvalue weighted by molar-refractivity contribution is -0.140. The van der Waals surface area contributed by atoms with Crippen LogP contribution in [0.15, 0.2) is 0 Å². The molecule has 3 rings (SSSR count). The summed E-state index contributed by atoms with van der Waals surface area (Å²) in [5.41, 5.74) is 0. The second kappa shape index (κ2) is 8.06. The van der Waals surface area contributed by atoms with Gasteiger partial charge in [-0.1, -0.05) is 25.7 Å². The molecule has 2 amide bonds. The summed E-state index contributed by atoms with van der Waals surface area (Å²) in [6, 6.07) is 0. The molecule has 1 unspecified atom stereocenters. The van der Waals surface area contributed by atoms with Crippen molar-refractivity contribution in [1.29, 1.82) is 0 Å². The Kier molecular flexibility index (Phi) is 6.02. The van der Waals surface area contributed by atoms with Crippen LogP contribution in [0.1, 0.15) is 51.4 Å². The van der Waals surface area contributed by atoms with E-state index in [0.717, 1.165) is 12.3 Å². The van der Waals surface area contributed by atoms with Crippen LogP contribution in [0.3, 0.4) is 0 Å². The van der Waals surface area contributed by atoms with Crippen molar-refractivity contribution >= 4 is 21.7 Å². The van der Waals surface area contributed by atoms with Crippen molar-refractivity contribution in [2.45, 2.75) is 51.4 Å². The Bertz CT molecular complexity index is 590. The maximum Gasteiger partial charge on any atom is 0.223 e. The van der Waals surface area contributed by atoms with E-state index >= 15 is 0 Å². The van der Waals surface area contributed by atoms with Crippen molar-refractivity contribution < 1.29 is 18.0 Å². The van der Waals surface area contributed by atoms with Gasteiger partial charge in [-0.25, -0.2) is 8.42 Å². The molecule has 1 aliphatic carbocycles. The average Bonchev–Trinajstić information content (AvgIpc) is 3.22. The topological polar surface area (TPSA) is 74.8 Å². The molecule has 0 aromatic carbocycles. The van der Waals surface area contributed by atoms with Crippen LogP contribution in [0.25, 0.3) is 0 Å². The molecule has 0 radical (unpaired) electrons. The summed E-state index contributed by atoms with van der Waals surface area (Å²) in [4.78, 5) is 28.4. The van der Waals surface area contributed by atoms with Crippen LogP contribution in [-0.2, 0) is 19.4 Å². The minimum absolute atomic E-state index is 0.0245. The third-order valence-corrected chi connectivity index (χ3v) is 7.85. The molecular weight excluding hydrogens is 340 g/mol. The monoisotopic (exact) mass is 370 g/mol. The van der Waals surface area contributed by atoms with Gasteiger partial charge < -0.3 is 9.80 Å². The fourth-order valence-corrected chi connectivity index (χ4v) is 6.26. The first-order valence-electron chi connectivity index (χ1n) is 9.69. The number of carbonyl (C=O) groups excluding carboxylic acids is 2. The van der Waals surface area contributed by atoms with E-state index in [1.54, 1.807) is 4.90 Å². The zero-order valence-corrected chi connectivity index (χ0v) is 15.8. The maximum absolute atomic E-state index is 12.4.